The molecule has 0 radical (unpaired) electrons. The average Bonchev–Trinajstić information content (AvgIpc) is 2.05. The van der Waals surface area contributed by atoms with Gasteiger partial charge in [0.05, 0.1) is 0 Å². The van der Waals surface area contributed by atoms with Gasteiger partial charge in [-0.1, -0.05) is 26.0 Å². The molecule has 0 saturated heterocycles. The summed E-state index contributed by atoms with van der Waals surface area (Å²) >= 11 is 0. The molecule has 4 heteroatoms. The van der Waals surface area contributed by atoms with Crippen LogP contribution in [0, 0.1) is 12.7 Å². The molecule has 1 aromatic carbocycles. The lowest BCUT2D eigenvalue weighted by Gasteiger charge is -2.03. The lowest BCUT2D eigenvalue weighted by Crippen LogP contribution is -2.02. The van der Waals surface area contributed by atoms with E-state index in [9.17, 15) is 12.8 Å². The SMILES string of the molecule is CC.Cc1cccc(F)c1S(C)(=O)=O. The number of rotatable bonds is 1. The maximum absolute atomic E-state index is 13.0. The van der Waals surface area contributed by atoms with Gasteiger partial charge in [-0.3, -0.25) is 0 Å². The maximum atomic E-state index is 13.0. The Balaban J connectivity index is 0.000000791. The van der Waals surface area contributed by atoms with E-state index in [0.717, 1.165) is 12.3 Å². The van der Waals surface area contributed by atoms with Crippen LogP contribution in [0.25, 0.3) is 0 Å². The molecule has 2 nitrogen and oxygen atoms in total. The second-order valence-electron chi connectivity index (χ2n) is 2.66. The minimum absolute atomic E-state index is 0.204. The summed E-state index contributed by atoms with van der Waals surface area (Å²) < 4.78 is 35.0. The zero-order valence-corrected chi connectivity index (χ0v) is 9.65. The molecule has 0 unspecified atom stereocenters. The molecule has 0 aromatic heterocycles. The Labute approximate surface area is 84.7 Å². The van der Waals surface area contributed by atoms with Gasteiger partial charge in [-0.25, -0.2) is 12.8 Å². The van der Waals surface area contributed by atoms with Gasteiger partial charge in [0.25, 0.3) is 0 Å². The first-order valence-corrected chi connectivity index (χ1v) is 6.27. The van der Waals surface area contributed by atoms with Crippen molar-refractivity contribution in [2.24, 2.45) is 0 Å². The van der Waals surface area contributed by atoms with E-state index in [1.165, 1.54) is 6.07 Å². The molecule has 80 valence electrons. The average molecular weight is 218 g/mol. The third kappa shape index (κ3) is 3.10. The fourth-order valence-corrected chi connectivity index (χ4v) is 2.16. The lowest BCUT2D eigenvalue weighted by molar-refractivity contribution is 0.568. The van der Waals surface area contributed by atoms with Crippen LogP contribution in [0.3, 0.4) is 0 Å². The summed E-state index contributed by atoms with van der Waals surface area (Å²) in [5.74, 6) is -0.683. The van der Waals surface area contributed by atoms with Crippen molar-refractivity contribution in [3.8, 4) is 0 Å². The van der Waals surface area contributed by atoms with Gasteiger partial charge in [-0.05, 0) is 18.6 Å². The second kappa shape index (κ2) is 5.10. The normalized spacial score (nSPS) is 10.4. The minimum atomic E-state index is -3.44. The van der Waals surface area contributed by atoms with Crippen LogP contribution in [0.5, 0.6) is 0 Å². The lowest BCUT2D eigenvalue weighted by atomic mass is 10.2. The highest BCUT2D eigenvalue weighted by Crippen LogP contribution is 2.17. The number of benzene rings is 1. The van der Waals surface area contributed by atoms with E-state index >= 15 is 0 Å². The molecule has 0 amide bonds. The Bertz CT molecular complexity index is 376. The number of sulfone groups is 1. The van der Waals surface area contributed by atoms with Gasteiger partial charge in [-0.15, -0.1) is 0 Å². The van der Waals surface area contributed by atoms with Gasteiger partial charge in [0, 0.05) is 6.26 Å². The fourth-order valence-electron chi connectivity index (χ4n) is 1.09. The highest BCUT2D eigenvalue weighted by molar-refractivity contribution is 7.90. The standard InChI is InChI=1S/C8H9FO2S.C2H6/c1-6-4-3-5-7(9)8(6)12(2,10)11;1-2/h3-5H,1-2H3;1-2H3. The van der Waals surface area contributed by atoms with E-state index in [-0.39, 0.29) is 4.90 Å². The molecule has 0 saturated carbocycles. The predicted octanol–water partition coefficient (Wildman–Crippen LogP) is 2.56. The van der Waals surface area contributed by atoms with E-state index < -0.39 is 15.7 Å². The van der Waals surface area contributed by atoms with E-state index in [2.05, 4.69) is 0 Å². The van der Waals surface area contributed by atoms with Crippen molar-refractivity contribution in [3.05, 3.63) is 29.6 Å². The molecule has 0 fully saturated rings. The zero-order valence-electron chi connectivity index (χ0n) is 8.83. The van der Waals surface area contributed by atoms with Crippen LogP contribution in [0.4, 0.5) is 4.39 Å². The molecule has 0 aliphatic rings. The molecule has 1 aromatic rings. The van der Waals surface area contributed by atoms with Gasteiger partial charge in [0.1, 0.15) is 10.7 Å². The van der Waals surface area contributed by atoms with Gasteiger partial charge in [0.2, 0.25) is 0 Å². The Morgan fingerprint density at radius 3 is 2.00 bits per heavy atom. The quantitative estimate of drug-likeness (QED) is 0.726. The molecular formula is C10H15FO2S. The van der Waals surface area contributed by atoms with E-state index in [0.29, 0.717) is 5.56 Å². The van der Waals surface area contributed by atoms with Gasteiger partial charge >= 0.3 is 0 Å². The molecular weight excluding hydrogens is 203 g/mol. The van der Waals surface area contributed by atoms with Crippen molar-refractivity contribution in [1.29, 1.82) is 0 Å². The molecule has 0 N–H and O–H groups in total. The molecule has 0 aliphatic heterocycles. The number of aryl methyl sites for hydroxylation is 1. The summed E-state index contributed by atoms with van der Waals surface area (Å²) in [6.45, 7) is 5.57. The summed E-state index contributed by atoms with van der Waals surface area (Å²) in [5, 5.41) is 0. The van der Waals surface area contributed by atoms with Crippen LogP contribution in [0.1, 0.15) is 19.4 Å². The number of hydrogen-bond acceptors (Lipinski definition) is 2. The van der Waals surface area contributed by atoms with Gasteiger partial charge in [0.15, 0.2) is 9.84 Å². The highest BCUT2D eigenvalue weighted by Gasteiger charge is 2.15. The van der Waals surface area contributed by atoms with Crippen LogP contribution in [-0.4, -0.2) is 14.7 Å². The fraction of sp³-hybridized carbons (Fsp3) is 0.400. The van der Waals surface area contributed by atoms with Crippen molar-refractivity contribution in [2.75, 3.05) is 6.26 Å². The van der Waals surface area contributed by atoms with E-state index in [4.69, 9.17) is 0 Å². The minimum Gasteiger partial charge on any atom is -0.224 e. The number of hydrogen-bond donors (Lipinski definition) is 0. The topological polar surface area (TPSA) is 34.1 Å². The monoisotopic (exact) mass is 218 g/mol. The molecule has 14 heavy (non-hydrogen) atoms. The molecule has 1 rings (SSSR count). The first-order valence-electron chi connectivity index (χ1n) is 4.38. The van der Waals surface area contributed by atoms with Crippen molar-refractivity contribution in [2.45, 2.75) is 25.7 Å². The summed E-state index contributed by atoms with van der Waals surface area (Å²) in [6, 6.07) is 4.20. The maximum Gasteiger partial charge on any atom is 0.178 e. The summed E-state index contributed by atoms with van der Waals surface area (Å²) in [4.78, 5) is -0.204. The summed E-state index contributed by atoms with van der Waals surface area (Å²) in [6.07, 6.45) is 0.998. The van der Waals surface area contributed by atoms with Crippen LogP contribution < -0.4 is 0 Å². The molecule has 0 bridgehead atoms. The first kappa shape index (κ1) is 13.1. The third-order valence-electron chi connectivity index (χ3n) is 1.53. The van der Waals surface area contributed by atoms with Crippen LogP contribution in [0.15, 0.2) is 23.1 Å². The Hall–Kier alpha value is -0.900. The Kier molecular flexibility index (Phi) is 4.77. The highest BCUT2D eigenvalue weighted by atomic mass is 32.2. The van der Waals surface area contributed by atoms with Crippen molar-refractivity contribution < 1.29 is 12.8 Å². The molecule has 0 atom stereocenters. The van der Waals surface area contributed by atoms with E-state index in [1.807, 2.05) is 13.8 Å². The zero-order chi connectivity index (χ0) is 11.4. The van der Waals surface area contributed by atoms with Crippen LogP contribution in [0.2, 0.25) is 0 Å². The molecule has 0 spiro atoms. The Morgan fingerprint density at radius 1 is 1.21 bits per heavy atom. The van der Waals surface area contributed by atoms with Crippen molar-refractivity contribution >= 4 is 9.84 Å². The summed E-state index contributed by atoms with van der Waals surface area (Å²) in [7, 11) is -3.44. The van der Waals surface area contributed by atoms with E-state index in [1.54, 1.807) is 13.0 Å². The van der Waals surface area contributed by atoms with Gasteiger partial charge < -0.3 is 0 Å². The summed E-state index contributed by atoms with van der Waals surface area (Å²) in [5.41, 5.74) is 0.442. The van der Waals surface area contributed by atoms with Crippen LogP contribution >= 0.6 is 0 Å². The first-order chi connectivity index (χ1) is 6.43. The smallest absolute Gasteiger partial charge is 0.178 e. The Morgan fingerprint density at radius 2 is 1.71 bits per heavy atom. The van der Waals surface area contributed by atoms with Crippen LogP contribution in [-0.2, 0) is 9.84 Å². The molecule has 0 heterocycles. The van der Waals surface area contributed by atoms with Gasteiger partial charge in [-0.2, -0.15) is 0 Å². The second-order valence-corrected chi connectivity index (χ2v) is 4.61. The third-order valence-corrected chi connectivity index (χ3v) is 2.79. The largest absolute Gasteiger partial charge is 0.224 e. The molecule has 0 aliphatic carbocycles. The number of halogens is 1. The van der Waals surface area contributed by atoms with Crippen molar-refractivity contribution in [1.82, 2.24) is 0 Å². The van der Waals surface area contributed by atoms with Crippen molar-refractivity contribution in [3.63, 3.8) is 0 Å². The predicted molar refractivity (Wildman–Crippen MR) is 55.6 cm³/mol.